The van der Waals surface area contributed by atoms with E-state index in [-0.39, 0.29) is 11.8 Å². The highest BCUT2D eigenvalue weighted by Crippen LogP contribution is 2.36. The molecule has 0 radical (unpaired) electrons. The lowest BCUT2D eigenvalue weighted by Gasteiger charge is -2.26. The van der Waals surface area contributed by atoms with E-state index in [1.165, 1.54) is 32.1 Å². The van der Waals surface area contributed by atoms with Gasteiger partial charge in [-0.05, 0) is 37.3 Å². The number of amides is 1. The summed E-state index contributed by atoms with van der Waals surface area (Å²) in [5.41, 5.74) is 1.03. The topological polar surface area (TPSA) is 56.8 Å². The van der Waals surface area contributed by atoms with Crippen LogP contribution in [0.3, 0.4) is 0 Å². The highest BCUT2D eigenvalue weighted by molar-refractivity contribution is 5.79. The third kappa shape index (κ3) is 4.88. The van der Waals surface area contributed by atoms with Gasteiger partial charge in [-0.3, -0.25) is 4.79 Å². The van der Waals surface area contributed by atoms with Crippen molar-refractivity contribution in [3.8, 4) is 11.5 Å². The van der Waals surface area contributed by atoms with Crippen LogP contribution < -0.4 is 14.8 Å². The van der Waals surface area contributed by atoms with Crippen molar-refractivity contribution in [3.63, 3.8) is 0 Å². The molecular weight excluding hydrogens is 318 g/mol. The van der Waals surface area contributed by atoms with E-state index in [0.29, 0.717) is 25.7 Å². The van der Waals surface area contributed by atoms with Crippen molar-refractivity contribution >= 4 is 5.91 Å². The van der Waals surface area contributed by atoms with E-state index in [4.69, 9.17) is 14.2 Å². The molecule has 0 unspecified atom stereocenters. The summed E-state index contributed by atoms with van der Waals surface area (Å²) >= 11 is 0. The van der Waals surface area contributed by atoms with Crippen LogP contribution in [-0.4, -0.2) is 38.9 Å². The highest BCUT2D eigenvalue weighted by atomic mass is 16.5. The normalized spacial score (nSPS) is 20.4. The molecule has 1 amide bonds. The minimum atomic E-state index is -0.140. The molecule has 138 valence electrons. The summed E-state index contributed by atoms with van der Waals surface area (Å²) in [6, 6.07) is 5.81. The zero-order chi connectivity index (χ0) is 17.5. The van der Waals surface area contributed by atoms with Gasteiger partial charge in [0, 0.05) is 13.2 Å². The van der Waals surface area contributed by atoms with Crippen LogP contribution in [0.25, 0.3) is 0 Å². The fourth-order valence-electron chi connectivity index (χ4n) is 3.63. The first-order chi connectivity index (χ1) is 12.3. The van der Waals surface area contributed by atoms with Crippen molar-refractivity contribution in [2.45, 2.75) is 51.0 Å². The Morgan fingerprint density at radius 1 is 1.28 bits per heavy atom. The molecule has 0 bridgehead atoms. The van der Waals surface area contributed by atoms with Gasteiger partial charge in [0.25, 0.3) is 0 Å². The Morgan fingerprint density at radius 3 is 2.92 bits per heavy atom. The largest absolute Gasteiger partial charge is 0.493 e. The summed E-state index contributed by atoms with van der Waals surface area (Å²) in [5, 5.41) is 3.02. The van der Waals surface area contributed by atoms with Crippen molar-refractivity contribution in [2.75, 3.05) is 26.9 Å². The minimum Gasteiger partial charge on any atom is -0.493 e. The van der Waals surface area contributed by atoms with E-state index in [2.05, 4.69) is 5.32 Å². The van der Waals surface area contributed by atoms with Crippen LogP contribution in [0.5, 0.6) is 11.5 Å². The number of nitrogens with one attached hydrogen (secondary N) is 1. The first kappa shape index (κ1) is 18.1. The minimum absolute atomic E-state index is 0.0612. The second kappa shape index (κ2) is 9.09. The number of rotatable bonds is 7. The summed E-state index contributed by atoms with van der Waals surface area (Å²) in [4.78, 5) is 12.4. The third-order valence-electron chi connectivity index (χ3n) is 5.07. The average Bonchev–Trinajstić information content (AvgIpc) is 2.67. The van der Waals surface area contributed by atoms with Gasteiger partial charge in [0.1, 0.15) is 6.61 Å². The maximum atomic E-state index is 12.4. The molecule has 1 saturated carbocycles. The van der Waals surface area contributed by atoms with Crippen LogP contribution in [-0.2, 0) is 16.0 Å². The number of carbonyl (C=O) groups excluding carboxylic acids is 1. The molecule has 0 spiro atoms. The van der Waals surface area contributed by atoms with Gasteiger partial charge in [-0.25, -0.2) is 0 Å². The zero-order valence-corrected chi connectivity index (χ0v) is 15.1. The molecule has 25 heavy (non-hydrogen) atoms. The fourth-order valence-corrected chi connectivity index (χ4v) is 3.63. The molecule has 1 aliphatic heterocycles. The fraction of sp³-hybridized carbons (Fsp3) is 0.650. The Hall–Kier alpha value is -1.75. The van der Waals surface area contributed by atoms with Crippen LogP contribution in [0, 0.1) is 5.92 Å². The highest BCUT2D eigenvalue weighted by Gasteiger charge is 2.27. The van der Waals surface area contributed by atoms with E-state index in [9.17, 15) is 4.79 Å². The lowest BCUT2D eigenvalue weighted by molar-refractivity contribution is -0.126. The Bertz CT molecular complexity index is 569. The standard InChI is InChI=1S/C20H29NO4/c1-23-18-10-5-7-15-13-16(14-25-19(15)18)20(22)21-11-6-12-24-17-8-3-2-4-9-17/h5,7,10,16-17H,2-4,6,8-9,11-14H2,1H3,(H,21,22)/t16-/m1/s1. The van der Waals surface area contributed by atoms with E-state index in [1.807, 2.05) is 18.2 Å². The molecule has 1 N–H and O–H groups in total. The van der Waals surface area contributed by atoms with E-state index < -0.39 is 0 Å². The molecule has 1 heterocycles. The lowest BCUT2D eigenvalue weighted by atomic mass is 9.95. The van der Waals surface area contributed by atoms with Gasteiger partial charge in [0.05, 0.1) is 19.1 Å². The molecule has 5 heteroatoms. The molecule has 0 saturated heterocycles. The SMILES string of the molecule is COc1cccc2c1OC[C@H](C(=O)NCCCOC1CCCCC1)C2. The summed E-state index contributed by atoms with van der Waals surface area (Å²) in [6.45, 7) is 1.79. The molecule has 0 aromatic heterocycles. The summed E-state index contributed by atoms with van der Waals surface area (Å²) in [7, 11) is 1.63. The second-order valence-corrected chi connectivity index (χ2v) is 6.94. The smallest absolute Gasteiger partial charge is 0.226 e. The summed E-state index contributed by atoms with van der Waals surface area (Å²) in [6.07, 6.45) is 8.28. The average molecular weight is 347 g/mol. The zero-order valence-electron chi connectivity index (χ0n) is 15.1. The number of carbonyl (C=O) groups is 1. The van der Waals surface area contributed by atoms with Gasteiger partial charge >= 0.3 is 0 Å². The number of benzene rings is 1. The molecule has 2 aliphatic rings. The quantitative estimate of drug-likeness (QED) is 0.770. The Kier molecular flexibility index (Phi) is 6.56. The van der Waals surface area contributed by atoms with Crippen LogP contribution in [0.15, 0.2) is 18.2 Å². The van der Waals surface area contributed by atoms with Crippen molar-refractivity contribution < 1.29 is 19.0 Å². The van der Waals surface area contributed by atoms with Gasteiger partial charge in [0.15, 0.2) is 11.5 Å². The van der Waals surface area contributed by atoms with E-state index >= 15 is 0 Å². The van der Waals surface area contributed by atoms with Gasteiger partial charge in [0.2, 0.25) is 5.91 Å². The summed E-state index contributed by atoms with van der Waals surface area (Å²) in [5.74, 6) is 1.43. The Morgan fingerprint density at radius 2 is 2.12 bits per heavy atom. The van der Waals surface area contributed by atoms with Crippen LogP contribution >= 0.6 is 0 Å². The summed E-state index contributed by atoms with van der Waals surface area (Å²) < 4.78 is 17.0. The third-order valence-corrected chi connectivity index (χ3v) is 5.07. The van der Waals surface area contributed by atoms with Crippen molar-refractivity contribution in [1.82, 2.24) is 5.32 Å². The number of hydrogen-bond acceptors (Lipinski definition) is 4. The van der Waals surface area contributed by atoms with Crippen LogP contribution in [0.1, 0.15) is 44.1 Å². The molecule has 1 aliphatic carbocycles. The number of fused-ring (bicyclic) bond motifs is 1. The second-order valence-electron chi connectivity index (χ2n) is 6.94. The van der Waals surface area contributed by atoms with Gasteiger partial charge in [-0.15, -0.1) is 0 Å². The Balaban J connectivity index is 1.37. The molecule has 1 aromatic carbocycles. The maximum Gasteiger partial charge on any atom is 0.226 e. The first-order valence-corrected chi connectivity index (χ1v) is 9.46. The maximum absolute atomic E-state index is 12.4. The molecule has 1 fully saturated rings. The van der Waals surface area contributed by atoms with Crippen LogP contribution in [0.4, 0.5) is 0 Å². The number of hydrogen-bond donors (Lipinski definition) is 1. The molecule has 1 atom stereocenters. The monoisotopic (exact) mass is 347 g/mol. The number of para-hydroxylation sites is 1. The van der Waals surface area contributed by atoms with Gasteiger partial charge < -0.3 is 19.5 Å². The van der Waals surface area contributed by atoms with Gasteiger partial charge in [-0.2, -0.15) is 0 Å². The first-order valence-electron chi connectivity index (χ1n) is 9.46. The molecule has 5 nitrogen and oxygen atoms in total. The number of ether oxygens (including phenoxy) is 3. The predicted molar refractivity (Wildman–Crippen MR) is 96.1 cm³/mol. The lowest BCUT2D eigenvalue weighted by Crippen LogP contribution is -2.38. The van der Waals surface area contributed by atoms with Crippen molar-refractivity contribution in [1.29, 1.82) is 0 Å². The van der Waals surface area contributed by atoms with Crippen molar-refractivity contribution in [3.05, 3.63) is 23.8 Å². The van der Waals surface area contributed by atoms with Crippen molar-refractivity contribution in [2.24, 2.45) is 5.92 Å². The number of methoxy groups -OCH3 is 1. The molecular formula is C20H29NO4. The van der Waals surface area contributed by atoms with E-state index in [0.717, 1.165) is 30.1 Å². The molecule has 3 rings (SSSR count). The predicted octanol–water partition coefficient (Wildman–Crippen LogP) is 3.10. The Labute approximate surface area is 150 Å². The van der Waals surface area contributed by atoms with Crippen LogP contribution in [0.2, 0.25) is 0 Å². The van der Waals surface area contributed by atoms with E-state index in [1.54, 1.807) is 7.11 Å². The molecule has 1 aromatic rings. The van der Waals surface area contributed by atoms with Gasteiger partial charge in [-0.1, -0.05) is 31.4 Å².